The highest BCUT2D eigenvalue weighted by atomic mass is 16.6. The van der Waals surface area contributed by atoms with E-state index in [0.717, 1.165) is 12.8 Å². The predicted octanol–water partition coefficient (Wildman–Crippen LogP) is 1.86. The monoisotopic (exact) mass is 231 g/mol. The van der Waals surface area contributed by atoms with Crippen LogP contribution in [0.4, 0.5) is 4.79 Å². The Morgan fingerprint density at radius 2 is 2.06 bits per heavy atom. The molecule has 1 amide bonds. The fourth-order valence-electron chi connectivity index (χ4n) is 1.73. The summed E-state index contributed by atoms with van der Waals surface area (Å²) in [7, 11) is 0. The van der Waals surface area contributed by atoms with Gasteiger partial charge in [-0.25, -0.2) is 9.59 Å². The molecular formula is C11H19NO4. The second-order valence-electron chi connectivity index (χ2n) is 5.02. The van der Waals surface area contributed by atoms with Crippen LogP contribution in [0.5, 0.6) is 0 Å². The standard InChI is InChI=1S/C11H19NO4/c1-11(2,3)16-10(15)12-7-5-4-6-8(12)9(13)14/h8H,4-7H2,1-3H3,(H,13,14)/t8-/m1/s1/i9+2. The fourth-order valence-corrected chi connectivity index (χ4v) is 1.73. The van der Waals surface area contributed by atoms with E-state index in [1.807, 2.05) is 0 Å². The normalized spacial score (nSPS) is 21.7. The number of carboxylic acid groups (broad SMARTS) is 1. The first-order chi connectivity index (χ1) is 7.31. The molecule has 1 fully saturated rings. The van der Waals surface area contributed by atoms with E-state index in [4.69, 9.17) is 9.84 Å². The minimum Gasteiger partial charge on any atom is -0.480 e. The van der Waals surface area contributed by atoms with E-state index in [2.05, 4.69) is 0 Å². The van der Waals surface area contributed by atoms with Gasteiger partial charge >= 0.3 is 12.1 Å². The fraction of sp³-hybridized carbons (Fsp3) is 0.818. The number of hydrogen-bond donors (Lipinski definition) is 1. The highest BCUT2D eigenvalue weighted by Crippen LogP contribution is 2.20. The number of amides is 1. The highest BCUT2D eigenvalue weighted by molar-refractivity contribution is 5.80. The first-order valence-electron chi connectivity index (χ1n) is 5.54. The van der Waals surface area contributed by atoms with Gasteiger partial charge in [-0.1, -0.05) is 0 Å². The smallest absolute Gasteiger partial charge is 0.411 e. The van der Waals surface area contributed by atoms with Gasteiger partial charge in [-0.05, 0) is 40.0 Å². The molecule has 1 heterocycles. The molecule has 1 aliphatic heterocycles. The van der Waals surface area contributed by atoms with Gasteiger partial charge in [0.2, 0.25) is 0 Å². The summed E-state index contributed by atoms with van der Waals surface area (Å²) in [6, 6.07) is -0.733. The van der Waals surface area contributed by atoms with Gasteiger partial charge in [-0.2, -0.15) is 0 Å². The minimum atomic E-state index is -0.953. The summed E-state index contributed by atoms with van der Waals surface area (Å²) in [4.78, 5) is 24.1. The van der Waals surface area contributed by atoms with Gasteiger partial charge in [0.1, 0.15) is 11.6 Å². The van der Waals surface area contributed by atoms with Crippen LogP contribution < -0.4 is 0 Å². The molecule has 0 aromatic carbocycles. The van der Waals surface area contributed by atoms with E-state index in [0.29, 0.717) is 13.0 Å². The maximum atomic E-state index is 11.8. The number of carbonyl (C=O) groups excluding carboxylic acids is 1. The van der Waals surface area contributed by atoms with Crippen LogP contribution in [0.25, 0.3) is 0 Å². The largest absolute Gasteiger partial charge is 0.480 e. The van der Waals surface area contributed by atoms with E-state index in [9.17, 15) is 9.59 Å². The molecule has 0 unspecified atom stereocenters. The Balaban J connectivity index is 2.68. The second-order valence-corrected chi connectivity index (χ2v) is 5.02. The molecule has 1 rings (SSSR count). The Morgan fingerprint density at radius 1 is 1.44 bits per heavy atom. The van der Waals surface area contributed by atoms with Gasteiger partial charge in [0.05, 0.1) is 0 Å². The summed E-state index contributed by atoms with van der Waals surface area (Å²) in [5, 5.41) is 9.01. The van der Waals surface area contributed by atoms with Crippen LogP contribution in [-0.4, -0.2) is 40.3 Å². The molecule has 0 bridgehead atoms. The number of carboxylic acids is 1. The quantitative estimate of drug-likeness (QED) is 0.748. The average Bonchev–Trinajstić information content (AvgIpc) is 2.15. The van der Waals surface area contributed by atoms with Crippen molar-refractivity contribution in [2.75, 3.05) is 6.54 Å². The number of hydrogen-bond acceptors (Lipinski definition) is 3. The van der Waals surface area contributed by atoms with Crippen molar-refractivity contribution in [2.45, 2.75) is 51.7 Å². The number of nitrogens with zero attached hydrogens (tertiary/aromatic N) is 1. The van der Waals surface area contributed by atoms with Crippen LogP contribution in [-0.2, 0) is 9.53 Å². The first-order valence-corrected chi connectivity index (χ1v) is 5.54. The Morgan fingerprint density at radius 3 is 2.56 bits per heavy atom. The third kappa shape index (κ3) is 3.40. The van der Waals surface area contributed by atoms with Gasteiger partial charge < -0.3 is 9.84 Å². The number of aliphatic carboxylic acids is 1. The molecule has 0 spiro atoms. The SMILES string of the molecule is CC(C)(C)OC(=O)N1CCCC[C@@H]1[14C](=O)O. The number of rotatable bonds is 1. The maximum absolute atomic E-state index is 11.8. The molecule has 1 saturated heterocycles. The molecule has 0 saturated carbocycles. The average molecular weight is 231 g/mol. The molecule has 0 radical (unpaired) electrons. The number of ether oxygens (including phenoxy) is 1. The zero-order valence-electron chi connectivity index (χ0n) is 10.0. The summed E-state index contributed by atoms with van der Waals surface area (Å²) < 4.78 is 5.18. The summed E-state index contributed by atoms with van der Waals surface area (Å²) in [5.74, 6) is -0.953. The van der Waals surface area contributed by atoms with E-state index in [1.165, 1.54) is 4.90 Å². The maximum Gasteiger partial charge on any atom is 0.411 e. The van der Waals surface area contributed by atoms with Crippen molar-refractivity contribution in [1.82, 2.24) is 4.90 Å². The zero-order valence-corrected chi connectivity index (χ0v) is 10.0. The van der Waals surface area contributed by atoms with Crippen LogP contribution >= 0.6 is 0 Å². The van der Waals surface area contributed by atoms with E-state index in [1.54, 1.807) is 20.8 Å². The molecule has 0 aliphatic carbocycles. The Bertz CT molecular complexity index is 282. The minimum absolute atomic E-state index is 0.464. The highest BCUT2D eigenvalue weighted by Gasteiger charge is 2.34. The number of likely N-dealkylation sites (tertiary alicyclic amines) is 1. The van der Waals surface area contributed by atoms with Gasteiger partial charge in [-0.3, -0.25) is 4.90 Å². The first kappa shape index (κ1) is 12.8. The van der Waals surface area contributed by atoms with Crippen molar-refractivity contribution in [2.24, 2.45) is 0 Å². The summed E-state index contributed by atoms with van der Waals surface area (Å²) in [5.41, 5.74) is -0.586. The van der Waals surface area contributed by atoms with Crippen LogP contribution in [0.1, 0.15) is 40.0 Å². The summed E-state index contributed by atoms with van der Waals surface area (Å²) in [6.07, 6.45) is 1.66. The van der Waals surface area contributed by atoms with Crippen molar-refractivity contribution in [3.05, 3.63) is 0 Å². The zero-order chi connectivity index (χ0) is 12.3. The molecule has 16 heavy (non-hydrogen) atoms. The predicted molar refractivity (Wildman–Crippen MR) is 58.2 cm³/mol. The van der Waals surface area contributed by atoms with Crippen LogP contribution in [0, 0.1) is 0 Å². The van der Waals surface area contributed by atoms with Crippen molar-refractivity contribution < 1.29 is 19.4 Å². The lowest BCUT2D eigenvalue weighted by atomic mass is 10.1. The van der Waals surface area contributed by atoms with Crippen molar-refractivity contribution in [1.29, 1.82) is 0 Å². The summed E-state index contributed by atoms with van der Waals surface area (Å²) in [6.45, 7) is 5.77. The number of carbonyl (C=O) groups is 2. The van der Waals surface area contributed by atoms with Gasteiger partial charge in [-0.15, -0.1) is 0 Å². The molecule has 5 nitrogen and oxygen atoms in total. The molecular weight excluding hydrogens is 212 g/mol. The summed E-state index contributed by atoms with van der Waals surface area (Å²) >= 11 is 0. The van der Waals surface area contributed by atoms with E-state index >= 15 is 0 Å². The van der Waals surface area contributed by atoms with Crippen molar-refractivity contribution in [3.63, 3.8) is 0 Å². The van der Waals surface area contributed by atoms with Crippen LogP contribution in [0.3, 0.4) is 0 Å². The molecule has 0 aromatic heterocycles. The van der Waals surface area contributed by atoms with E-state index in [-0.39, 0.29) is 0 Å². The topological polar surface area (TPSA) is 66.8 Å². The Labute approximate surface area is 95.4 Å². The third-order valence-corrected chi connectivity index (χ3v) is 2.42. The molecule has 0 aromatic rings. The molecule has 1 N–H and O–H groups in total. The second kappa shape index (κ2) is 4.72. The molecule has 5 heteroatoms. The van der Waals surface area contributed by atoms with E-state index < -0.39 is 23.7 Å². The van der Waals surface area contributed by atoms with Gasteiger partial charge in [0.25, 0.3) is 0 Å². The molecule has 1 atom stereocenters. The Hall–Kier alpha value is -1.26. The lowest BCUT2D eigenvalue weighted by molar-refractivity contribution is -0.144. The lowest BCUT2D eigenvalue weighted by Crippen LogP contribution is -2.49. The van der Waals surface area contributed by atoms with Crippen molar-refractivity contribution >= 4 is 12.1 Å². The molecule has 1 aliphatic rings. The molecule has 92 valence electrons. The van der Waals surface area contributed by atoms with Crippen LogP contribution in [0.2, 0.25) is 0 Å². The Kier molecular flexibility index (Phi) is 3.78. The lowest BCUT2D eigenvalue weighted by Gasteiger charge is -2.34. The van der Waals surface area contributed by atoms with Crippen molar-refractivity contribution in [3.8, 4) is 0 Å². The number of piperidine rings is 1. The van der Waals surface area contributed by atoms with Gasteiger partial charge in [0, 0.05) is 6.54 Å². The third-order valence-electron chi connectivity index (χ3n) is 2.42. The van der Waals surface area contributed by atoms with Crippen LogP contribution in [0.15, 0.2) is 0 Å². The van der Waals surface area contributed by atoms with Gasteiger partial charge in [0.15, 0.2) is 0 Å².